The van der Waals surface area contributed by atoms with Crippen LogP contribution in [0.3, 0.4) is 0 Å². The number of rotatable bonds is 12. The van der Waals surface area contributed by atoms with E-state index in [0.29, 0.717) is 26.1 Å². The van der Waals surface area contributed by atoms with Crippen molar-refractivity contribution in [2.24, 2.45) is 0 Å². The minimum absolute atomic E-state index is 0.0856. The summed E-state index contributed by atoms with van der Waals surface area (Å²) in [6.45, 7) is 7.20. The summed E-state index contributed by atoms with van der Waals surface area (Å²) in [5, 5.41) is 59.0. The molecule has 11 heteroatoms. The number of ether oxygens (including phenoxy) is 3. The highest BCUT2D eigenvalue weighted by Crippen LogP contribution is 2.32. The van der Waals surface area contributed by atoms with E-state index in [2.05, 4.69) is 15.5 Å². The molecule has 1 saturated heterocycles. The van der Waals surface area contributed by atoms with E-state index in [1.54, 1.807) is 0 Å². The van der Waals surface area contributed by atoms with Crippen LogP contribution in [-0.4, -0.2) is 99.3 Å². The van der Waals surface area contributed by atoms with E-state index in [4.69, 9.17) is 19.3 Å². The van der Waals surface area contributed by atoms with E-state index in [1.807, 2.05) is 39.0 Å². The van der Waals surface area contributed by atoms with Crippen LogP contribution in [0.2, 0.25) is 0 Å². The molecule has 7 N–H and O–H groups in total. The van der Waals surface area contributed by atoms with Crippen LogP contribution in [0, 0.1) is 6.92 Å². The maximum Gasteiger partial charge on any atom is 0.238 e. The summed E-state index contributed by atoms with van der Waals surface area (Å²) in [5.41, 5.74) is 3.68. The molecule has 1 aromatic carbocycles. The van der Waals surface area contributed by atoms with Crippen molar-refractivity contribution < 1.29 is 39.7 Å². The zero-order valence-electron chi connectivity index (χ0n) is 20.3. The molecule has 196 valence electrons. The van der Waals surface area contributed by atoms with Crippen molar-refractivity contribution in [3.63, 3.8) is 0 Å². The first-order valence-corrected chi connectivity index (χ1v) is 11.8. The summed E-state index contributed by atoms with van der Waals surface area (Å²) in [7, 11) is 0. The molecule has 2 heterocycles. The van der Waals surface area contributed by atoms with Crippen molar-refractivity contribution in [1.29, 1.82) is 0 Å². The Balaban J connectivity index is 1.76. The topological polar surface area (TPSA) is 170 Å². The quantitative estimate of drug-likeness (QED) is 0.192. The largest absolute Gasteiger partial charge is 0.492 e. The second-order valence-corrected chi connectivity index (χ2v) is 8.98. The second kappa shape index (κ2) is 12.6. The van der Waals surface area contributed by atoms with Crippen molar-refractivity contribution in [3.8, 4) is 11.6 Å². The smallest absolute Gasteiger partial charge is 0.238 e. The van der Waals surface area contributed by atoms with Crippen LogP contribution < -0.4 is 14.8 Å². The summed E-state index contributed by atoms with van der Waals surface area (Å²) in [6, 6.07) is 5.82. The highest BCUT2D eigenvalue weighted by molar-refractivity contribution is 5.42. The van der Waals surface area contributed by atoms with Crippen molar-refractivity contribution in [1.82, 2.24) is 15.5 Å². The van der Waals surface area contributed by atoms with Gasteiger partial charge in [-0.1, -0.05) is 19.9 Å². The third-order valence-electron chi connectivity index (χ3n) is 6.03. The van der Waals surface area contributed by atoms with Crippen LogP contribution in [0.4, 0.5) is 0 Å². The lowest BCUT2D eigenvalue weighted by molar-refractivity contribution is -0.278. The van der Waals surface area contributed by atoms with Crippen molar-refractivity contribution >= 4 is 0 Å². The monoisotopic (exact) mass is 495 g/mol. The number of aliphatic hydroxyl groups is 5. The molecule has 1 aliphatic rings. The first-order chi connectivity index (χ1) is 16.8. The fourth-order valence-corrected chi connectivity index (χ4v) is 3.97. The predicted octanol–water partition coefficient (Wildman–Crippen LogP) is -0.428. The van der Waals surface area contributed by atoms with Gasteiger partial charge in [0.05, 0.1) is 13.2 Å². The molecule has 0 amide bonds. The fourth-order valence-electron chi connectivity index (χ4n) is 3.97. The Labute approximate surface area is 204 Å². The van der Waals surface area contributed by atoms with Gasteiger partial charge in [0.2, 0.25) is 12.2 Å². The second-order valence-electron chi connectivity index (χ2n) is 8.98. The maximum atomic E-state index is 10.4. The van der Waals surface area contributed by atoms with Crippen LogP contribution >= 0.6 is 0 Å². The van der Waals surface area contributed by atoms with Gasteiger partial charge in [-0.3, -0.25) is 5.10 Å². The van der Waals surface area contributed by atoms with Gasteiger partial charge in [-0.15, -0.1) is 5.10 Å². The van der Waals surface area contributed by atoms with Gasteiger partial charge in [-0.2, -0.15) is 0 Å². The molecule has 1 fully saturated rings. The van der Waals surface area contributed by atoms with Crippen LogP contribution in [-0.2, 0) is 11.2 Å². The van der Waals surface area contributed by atoms with Crippen LogP contribution in [0.25, 0.3) is 0 Å². The average molecular weight is 496 g/mol. The van der Waals surface area contributed by atoms with E-state index in [0.717, 1.165) is 28.1 Å². The molecule has 0 spiro atoms. The van der Waals surface area contributed by atoms with Gasteiger partial charge in [0, 0.05) is 30.8 Å². The number of aromatic amines is 1. The molecular weight excluding hydrogens is 458 g/mol. The first kappa shape index (κ1) is 27.3. The SMILES string of the molecule is Cc1cc(OCCNCCO)ccc1Cc1c(O[C@@H]2O[C@H](CO)[C@@H](O)[C@H](O)[C@H]2O)n[nH]c1C(C)C. The van der Waals surface area contributed by atoms with Gasteiger partial charge in [-0.25, -0.2) is 0 Å². The molecule has 3 rings (SSSR count). The number of aromatic nitrogens is 2. The molecular formula is C24H37N3O8. The average Bonchev–Trinajstić information content (AvgIpc) is 3.23. The van der Waals surface area contributed by atoms with E-state index in [1.165, 1.54) is 0 Å². The van der Waals surface area contributed by atoms with E-state index in [-0.39, 0.29) is 18.4 Å². The summed E-state index contributed by atoms with van der Waals surface area (Å²) in [4.78, 5) is 0. The van der Waals surface area contributed by atoms with Gasteiger partial charge in [0.1, 0.15) is 36.8 Å². The predicted molar refractivity (Wildman–Crippen MR) is 127 cm³/mol. The number of aryl methyl sites for hydroxylation is 1. The third kappa shape index (κ3) is 6.70. The number of hydrogen-bond acceptors (Lipinski definition) is 10. The van der Waals surface area contributed by atoms with Crippen molar-refractivity contribution in [2.75, 3.05) is 32.9 Å². The Morgan fingerprint density at radius 3 is 2.54 bits per heavy atom. The third-order valence-corrected chi connectivity index (χ3v) is 6.03. The number of nitrogens with one attached hydrogen (secondary N) is 2. The number of benzene rings is 1. The summed E-state index contributed by atoms with van der Waals surface area (Å²) >= 11 is 0. The number of hydrogen-bond donors (Lipinski definition) is 7. The molecule has 0 unspecified atom stereocenters. The first-order valence-electron chi connectivity index (χ1n) is 11.8. The van der Waals surface area contributed by atoms with Gasteiger partial charge in [0.25, 0.3) is 0 Å². The Bertz CT molecular complexity index is 935. The summed E-state index contributed by atoms with van der Waals surface area (Å²) in [6.07, 6.45) is -6.42. The van der Waals surface area contributed by atoms with E-state index >= 15 is 0 Å². The normalized spacial score (nSPS) is 24.7. The lowest BCUT2D eigenvalue weighted by Crippen LogP contribution is -2.60. The molecule has 1 aromatic heterocycles. The zero-order valence-corrected chi connectivity index (χ0v) is 20.3. The molecule has 35 heavy (non-hydrogen) atoms. The number of aliphatic hydroxyl groups excluding tert-OH is 5. The van der Waals surface area contributed by atoms with Gasteiger partial charge >= 0.3 is 0 Å². The van der Waals surface area contributed by atoms with Gasteiger partial charge in [-0.05, 0) is 36.1 Å². The Hall–Kier alpha value is -2.25. The molecule has 0 bridgehead atoms. The molecule has 5 atom stereocenters. The molecule has 0 radical (unpaired) electrons. The molecule has 2 aromatic rings. The Morgan fingerprint density at radius 2 is 1.89 bits per heavy atom. The molecule has 0 aliphatic carbocycles. The molecule has 1 aliphatic heterocycles. The van der Waals surface area contributed by atoms with E-state index in [9.17, 15) is 20.4 Å². The number of nitrogens with zero attached hydrogens (tertiary/aromatic N) is 1. The van der Waals surface area contributed by atoms with Crippen LogP contribution in [0.15, 0.2) is 18.2 Å². The Kier molecular flexibility index (Phi) is 9.87. The highest BCUT2D eigenvalue weighted by atomic mass is 16.7. The maximum absolute atomic E-state index is 10.4. The minimum Gasteiger partial charge on any atom is -0.492 e. The van der Waals surface area contributed by atoms with E-state index < -0.39 is 37.3 Å². The summed E-state index contributed by atoms with van der Waals surface area (Å²) in [5.74, 6) is 1.07. The fraction of sp³-hybridized carbons (Fsp3) is 0.625. The van der Waals surface area contributed by atoms with Crippen molar-refractivity contribution in [3.05, 3.63) is 40.6 Å². The molecule has 0 saturated carbocycles. The minimum atomic E-state index is -1.54. The van der Waals surface area contributed by atoms with Crippen LogP contribution in [0.1, 0.15) is 42.1 Å². The lowest BCUT2D eigenvalue weighted by atomic mass is 9.96. The summed E-state index contributed by atoms with van der Waals surface area (Å²) < 4.78 is 17.1. The molecule has 11 nitrogen and oxygen atoms in total. The van der Waals surface area contributed by atoms with Crippen LogP contribution in [0.5, 0.6) is 11.6 Å². The number of H-pyrrole nitrogens is 1. The zero-order chi connectivity index (χ0) is 25.5. The Morgan fingerprint density at radius 1 is 1.11 bits per heavy atom. The van der Waals surface area contributed by atoms with Gasteiger partial charge in [0.15, 0.2) is 0 Å². The lowest BCUT2D eigenvalue weighted by Gasteiger charge is -2.39. The standard InChI is InChI=1S/C24H37N3O8/c1-13(2)19-17(11-15-4-5-16(10-14(15)3)33-9-7-25-6-8-28)23(27-26-19)35-24-22(32)21(31)20(30)18(12-29)34-24/h4-5,10,13,18,20-22,24-25,28-32H,6-9,11-12H2,1-3H3,(H,26,27)/t18-,20-,21+,22-,24+/m1/s1. The highest BCUT2D eigenvalue weighted by Gasteiger charge is 2.45. The van der Waals surface area contributed by atoms with Crippen molar-refractivity contribution in [2.45, 2.75) is 63.8 Å². The van der Waals surface area contributed by atoms with Gasteiger partial charge < -0.3 is 45.1 Å².